The molecule has 196 valence electrons. The van der Waals surface area contributed by atoms with Crippen LogP contribution >= 0.6 is 23.2 Å². The SMILES string of the molecule is CCCCOC(C)(OC(C)(OCCCC)C(CCl)CCC=C(C)C)C(CCl)CCC=C(C)C. The van der Waals surface area contributed by atoms with E-state index in [0.717, 1.165) is 51.4 Å². The number of allylic oxidation sites excluding steroid dienone is 4. The predicted octanol–water partition coefficient (Wildman–Crippen LogP) is 9.27. The quantitative estimate of drug-likeness (QED) is 0.0711. The first-order valence-corrected chi connectivity index (χ1v) is 14.0. The second-order valence-corrected chi connectivity index (χ2v) is 10.6. The minimum Gasteiger partial charge on any atom is -0.350 e. The van der Waals surface area contributed by atoms with Crippen molar-refractivity contribution in [2.24, 2.45) is 11.8 Å². The van der Waals surface area contributed by atoms with Gasteiger partial charge >= 0.3 is 0 Å². The summed E-state index contributed by atoms with van der Waals surface area (Å²) in [6.45, 7) is 18.2. The van der Waals surface area contributed by atoms with Crippen LogP contribution in [0.4, 0.5) is 0 Å². The Morgan fingerprint density at radius 2 is 1.09 bits per heavy atom. The van der Waals surface area contributed by atoms with Crippen LogP contribution in [0, 0.1) is 11.8 Å². The van der Waals surface area contributed by atoms with Gasteiger partial charge in [0.1, 0.15) is 0 Å². The molecule has 0 N–H and O–H groups in total. The van der Waals surface area contributed by atoms with Crippen LogP contribution in [0.2, 0.25) is 0 Å². The Kier molecular flexibility index (Phi) is 18.2. The zero-order chi connectivity index (χ0) is 25.3. The number of rotatable bonds is 20. The van der Waals surface area contributed by atoms with E-state index in [1.54, 1.807) is 0 Å². The van der Waals surface area contributed by atoms with Crippen molar-refractivity contribution < 1.29 is 14.2 Å². The van der Waals surface area contributed by atoms with Crippen LogP contribution in [0.3, 0.4) is 0 Å². The average molecular weight is 508 g/mol. The van der Waals surface area contributed by atoms with E-state index in [0.29, 0.717) is 25.0 Å². The Balaban J connectivity index is 5.92. The molecular formula is C28H52Cl2O3. The molecule has 0 fully saturated rings. The highest BCUT2D eigenvalue weighted by Crippen LogP contribution is 2.39. The van der Waals surface area contributed by atoms with Crippen LogP contribution in [0.1, 0.15) is 107 Å². The van der Waals surface area contributed by atoms with Crippen LogP contribution < -0.4 is 0 Å². The fourth-order valence-corrected chi connectivity index (χ4v) is 4.68. The Bertz CT molecular complexity index is 507. The van der Waals surface area contributed by atoms with Crippen molar-refractivity contribution in [3.63, 3.8) is 0 Å². The number of hydrogen-bond acceptors (Lipinski definition) is 3. The van der Waals surface area contributed by atoms with Gasteiger partial charge in [-0.1, -0.05) is 50.0 Å². The van der Waals surface area contributed by atoms with E-state index in [-0.39, 0.29) is 11.8 Å². The van der Waals surface area contributed by atoms with Crippen LogP contribution in [-0.4, -0.2) is 36.5 Å². The molecule has 0 spiro atoms. The fraction of sp³-hybridized carbons (Fsp3) is 0.857. The number of ether oxygens (including phenoxy) is 3. The smallest absolute Gasteiger partial charge is 0.172 e. The third-order valence-corrected chi connectivity index (χ3v) is 6.91. The monoisotopic (exact) mass is 506 g/mol. The summed E-state index contributed by atoms with van der Waals surface area (Å²) in [6.07, 6.45) is 12.3. The van der Waals surface area contributed by atoms with Gasteiger partial charge < -0.3 is 14.2 Å². The average Bonchev–Trinajstić information content (AvgIpc) is 2.74. The van der Waals surface area contributed by atoms with Gasteiger partial charge in [0.05, 0.1) is 13.2 Å². The summed E-state index contributed by atoms with van der Waals surface area (Å²) in [5.41, 5.74) is 2.62. The Hall–Kier alpha value is -0.0600. The van der Waals surface area contributed by atoms with Crippen LogP contribution in [0.5, 0.6) is 0 Å². The lowest BCUT2D eigenvalue weighted by Crippen LogP contribution is -2.53. The molecule has 0 saturated heterocycles. The molecule has 0 aliphatic carbocycles. The first-order valence-electron chi connectivity index (χ1n) is 12.9. The molecular weight excluding hydrogens is 455 g/mol. The number of alkyl halides is 2. The van der Waals surface area contributed by atoms with Gasteiger partial charge in [0.2, 0.25) is 0 Å². The first-order chi connectivity index (χ1) is 15.6. The van der Waals surface area contributed by atoms with Gasteiger partial charge in [-0.25, -0.2) is 0 Å². The van der Waals surface area contributed by atoms with Crippen LogP contribution in [0.25, 0.3) is 0 Å². The molecule has 5 heteroatoms. The van der Waals surface area contributed by atoms with E-state index in [9.17, 15) is 0 Å². The molecule has 0 aromatic heterocycles. The summed E-state index contributed by atoms with van der Waals surface area (Å²) in [7, 11) is 0. The lowest BCUT2D eigenvalue weighted by atomic mass is 9.92. The second kappa shape index (κ2) is 18.2. The molecule has 0 amide bonds. The highest BCUT2D eigenvalue weighted by Gasteiger charge is 2.46. The summed E-state index contributed by atoms with van der Waals surface area (Å²) >= 11 is 13.0. The second-order valence-electron chi connectivity index (χ2n) is 9.96. The third-order valence-electron chi connectivity index (χ3n) is 6.17. The predicted molar refractivity (Wildman–Crippen MR) is 145 cm³/mol. The molecule has 4 unspecified atom stereocenters. The number of unbranched alkanes of at least 4 members (excludes halogenated alkanes) is 2. The van der Waals surface area contributed by atoms with Gasteiger partial charge in [0, 0.05) is 23.6 Å². The third kappa shape index (κ3) is 13.6. The lowest BCUT2D eigenvalue weighted by Gasteiger charge is -2.46. The van der Waals surface area contributed by atoms with Crippen molar-refractivity contribution in [1.29, 1.82) is 0 Å². The molecule has 0 rings (SSSR count). The number of halogens is 2. The topological polar surface area (TPSA) is 27.7 Å². The summed E-state index contributed by atoms with van der Waals surface area (Å²) in [4.78, 5) is 0. The maximum absolute atomic E-state index is 6.89. The summed E-state index contributed by atoms with van der Waals surface area (Å²) in [6, 6.07) is 0. The van der Waals surface area contributed by atoms with Crippen molar-refractivity contribution in [1.82, 2.24) is 0 Å². The molecule has 3 nitrogen and oxygen atoms in total. The minimum absolute atomic E-state index is 0.0366. The van der Waals surface area contributed by atoms with Gasteiger partial charge in [-0.05, 0) is 80.1 Å². The largest absolute Gasteiger partial charge is 0.350 e. The Labute approximate surface area is 215 Å². The molecule has 0 aliphatic rings. The van der Waals surface area contributed by atoms with Gasteiger partial charge in [-0.15, -0.1) is 23.2 Å². The van der Waals surface area contributed by atoms with E-state index in [2.05, 4.69) is 53.7 Å². The lowest BCUT2D eigenvalue weighted by molar-refractivity contribution is -0.376. The van der Waals surface area contributed by atoms with E-state index >= 15 is 0 Å². The van der Waals surface area contributed by atoms with Crippen molar-refractivity contribution in [2.75, 3.05) is 25.0 Å². The molecule has 0 aromatic rings. The van der Waals surface area contributed by atoms with E-state index in [1.807, 2.05) is 13.8 Å². The molecule has 0 radical (unpaired) electrons. The van der Waals surface area contributed by atoms with Gasteiger partial charge in [-0.2, -0.15) is 0 Å². The molecule has 0 aliphatic heterocycles. The standard InChI is InChI=1S/C28H52Cl2O3/c1-9-11-19-31-27(7,25(21-29)17-13-15-23(3)4)33-28(8,32-20-12-10-2)26(22-30)18-14-16-24(5)6/h15-16,25-26H,9-14,17-22H2,1-8H3. The molecule has 0 saturated carbocycles. The van der Waals surface area contributed by atoms with E-state index < -0.39 is 11.6 Å². The zero-order valence-electron chi connectivity index (χ0n) is 22.8. The van der Waals surface area contributed by atoms with Crippen molar-refractivity contribution in [2.45, 2.75) is 118 Å². The van der Waals surface area contributed by atoms with Crippen LogP contribution in [-0.2, 0) is 14.2 Å². The summed E-state index contributed by atoms with van der Waals surface area (Å²) in [5.74, 6) is -0.701. The molecule has 0 aromatic carbocycles. The minimum atomic E-state index is -0.853. The van der Waals surface area contributed by atoms with Crippen molar-refractivity contribution in [3.8, 4) is 0 Å². The Morgan fingerprint density at radius 3 is 1.36 bits per heavy atom. The van der Waals surface area contributed by atoms with Gasteiger partial charge in [0.15, 0.2) is 11.6 Å². The summed E-state index contributed by atoms with van der Waals surface area (Å²) < 4.78 is 19.8. The molecule has 4 atom stereocenters. The van der Waals surface area contributed by atoms with Crippen LogP contribution in [0.15, 0.2) is 23.3 Å². The Morgan fingerprint density at radius 1 is 0.727 bits per heavy atom. The van der Waals surface area contributed by atoms with Gasteiger partial charge in [-0.3, -0.25) is 0 Å². The molecule has 33 heavy (non-hydrogen) atoms. The molecule has 0 bridgehead atoms. The normalized spacial score (nSPS) is 17.0. The maximum Gasteiger partial charge on any atom is 0.172 e. The fourth-order valence-electron chi connectivity index (χ4n) is 3.81. The highest BCUT2D eigenvalue weighted by atomic mass is 35.5. The summed E-state index contributed by atoms with van der Waals surface area (Å²) in [5, 5.41) is 0. The van der Waals surface area contributed by atoms with Crippen molar-refractivity contribution >= 4 is 23.2 Å². The zero-order valence-corrected chi connectivity index (χ0v) is 24.3. The van der Waals surface area contributed by atoms with Crippen molar-refractivity contribution in [3.05, 3.63) is 23.3 Å². The molecule has 0 heterocycles. The highest BCUT2D eigenvalue weighted by molar-refractivity contribution is 6.18. The maximum atomic E-state index is 6.89. The van der Waals surface area contributed by atoms with E-state index in [1.165, 1.54) is 11.1 Å². The number of hydrogen-bond donors (Lipinski definition) is 0. The van der Waals surface area contributed by atoms with Gasteiger partial charge in [0.25, 0.3) is 0 Å². The first kappa shape index (κ1) is 32.9. The van der Waals surface area contributed by atoms with E-state index in [4.69, 9.17) is 37.4 Å².